The van der Waals surface area contributed by atoms with Crippen LogP contribution in [0.4, 0.5) is 9.52 Å². The Morgan fingerprint density at radius 1 is 1.06 bits per heavy atom. The fourth-order valence-corrected chi connectivity index (χ4v) is 4.89. The van der Waals surface area contributed by atoms with Crippen LogP contribution in [0.1, 0.15) is 17.2 Å². The monoisotopic (exact) mass is 460 g/mol. The molecule has 2 heterocycles. The molecule has 1 N–H and O–H groups in total. The maximum absolute atomic E-state index is 13.6. The van der Waals surface area contributed by atoms with Crippen molar-refractivity contribution in [3.05, 3.63) is 95.3 Å². The summed E-state index contributed by atoms with van der Waals surface area (Å²) in [6, 6.07) is 18.4. The molecular weight excluding hydrogens is 443 g/mol. The zero-order valence-corrected chi connectivity index (χ0v) is 18.2. The number of ether oxygens (including phenoxy) is 1. The van der Waals surface area contributed by atoms with E-state index in [1.165, 1.54) is 40.5 Å². The third-order valence-corrected chi connectivity index (χ3v) is 6.49. The van der Waals surface area contributed by atoms with Crippen LogP contribution in [0.25, 0.3) is 16.0 Å². The number of fused-ring (bicyclic) bond motifs is 1. The predicted molar refractivity (Wildman–Crippen MR) is 124 cm³/mol. The quantitative estimate of drug-likeness (QED) is 0.261. The van der Waals surface area contributed by atoms with Gasteiger partial charge in [0.15, 0.2) is 5.13 Å². The highest BCUT2D eigenvalue weighted by atomic mass is 32.1. The van der Waals surface area contributed by atoms with Crippen LogP contribution in [0.2, 0.25) is 0 Å². The first-order valence-corrected chi connectivity index (χ1v) is 10.9. The predicted octanol–water partition coefficient (Wildman–Crippen LogP) is 5.07. The van der Waals surface area contributed by atoms with E-state index in [1.807, 2.05) is 0 Å². The van der Waals surface area contributed by atoms with Gasteiger partial charge in [0, 0.05) is 5.56 Å². The fourth-order valence-electron chi connectivity index (χ4n) is 3.86. The van der Waals surface area contributed by atoms with Gasteiger partial charge in [0.05, 0.1) is 28.9 Å². The summed E-state index contributed by atoms with van der Waals surface area (Å²) in [6.45, 7) is 0. The van der Waals surface area contributed by atoms with Crippen molar-refractivity contribution >= 4 is 44.1 Å². The van der Waals surface area contributed by atoms with Crippen molar-refractivity contribution < 1.29 is 23.8 Å². The molecule has 33 heavy (non-hydrogen) atoms. The molecule has 1 aliphatic rings. The lowest BCUT2D eigenvalue weighted by Crippen LogP contribution is -2.29. The molecule has 5 rings (SSSR count). The minimum absolute atomic E-state index is 0.0744. The van der Waals surface area contributed by atoms with Crippen LogP contribution in [-0.2, 0) is 9.59 Å². The number of aliphatic hydroxyl groups is 1. The number of hydrogen-bond acceptors (Lipinski definition) is 6. The molecule has 3 aromatic carbocycles. The molecule has 0 saturated carbocycles. The molecule has 164 valence electrons. The minimum Gasteiger partial charge on any atom is -0.507 e. The lowest BCUT2D eigenvalue weighted by molar-refractivity contribution is -0.132. The number of methoxy groups -OCH3 is 1. The highest BCUT2D eigenvalue weighted by Crippen LogP contribution is 2.44. The summed E-state index contributed by atoms with van der Waals surface area (Å²) in [6.07, 6.45) is 0. The molecule has 0 aliphatic carbocycles. The molecule has 1 amide bonds. The van der Waals surface area contributed by atoms with E-state index in [9.17, 15) is 19.1 Å². The summed E-state index contributed by atoms with van der Waals surface area (Å²) >= 11 is 1.22. The third kappa shape index (κ3) is 3.54. The largest absolute Gasteiger partial charge is 0.507 e. The second-order valence-electron chi connectivity index (χ2n) is 7.42. The maximum atomic E-state index is 13.6. The normalized spacial score (nSPS) is 17.6. The van der Waals surface area contributed by atoms with Gasteiger partial charge in [-0.05, 0) is 35.9 Å². The Labute approximate surface area is 192 Å². The van der Waals surface area contributed by atoms with E-state index in [0.29, 0.717) is 27.5 Å². The van der Waals surface area contributed by atoms with Gasteiger partial charge >= 0.3 is 5.91 Å². The molecule has 4 aromatic rings. The van der Waals surface area contributed by atoms with E-state index in [2.05, 4.69) is 4.98 Å². The number of aliphatic hydroxyl groups excluding tert-OH is 1. The van der Waals surface area contributed by atoms with Gasteiger partial charge in [0.1, 0.15) is 17.3 Å². The van der Waals surface area contributed by atoms with Gasteiger partial charge in [-0.25, -0.2) is 9.37 Å². The van der Waals surface area contributed by atoms with E-state index >= 15 is 0 Å². The van der Waals surface area contributed by atoms with Gasteiger partial charge in [0.2, 0.25) is 0 Å². The summed E-state index contributed by atoms with van der Waals surface area (Å²) in [5.74, 6) is -1.76. The second-order valence-corrected chi connectivity index (χ2v) is 8.43. The van der Waals surface area contributed by atoms with E-state index in [1.54, 1.807) is 55.6 Å². The van der Waals surface area contributed by atoms with E-state index in [0.717, 1.165) is 4.70 Å². The molecule has 1 saturated heterocycles. The Hall–Kier alpha value is -4.04. The molecule has 1 aliphatic heterocycles. The summed E-state index contributed by atoms with van der Waals surface area (Å²) < 4.78 is 19.7. The Morgan fingerprint density at radius 2 is 1.79 bits per heavy atom. The fraction of sp³-hybridized carbons (Fsp3) is 0.0800. The number of carbonyl (C=O) groups excluding carboxylic acids is 2. The van der Waals surface area contributed by atoms with Crippen molar-refractivity contribution in [3.8, 4) is 5.75 Å². The summed E-state index contributed by atoms with van der Waals surface area (Å²) in [4.78, 5) is 32.2. The average Bonchev–Trinajstić information content (AvgIpc) is 3.37. The molecule has 8 heteroatoms. The molecule has 1 atom stereocenters. The number of benzene rings is 3. The number of hydrogen-bond donors (Lipinski definition) is 1. The van der Waals surface area contributed by atoms with Crippen LogP contribution in [-0.4, -0.2) is 28.9 Å². The van der Waals surface area contributed by atoms with Gasteiger partial charge < -0.3 is 9.84 Å². The maximum Gasteiger partial charge on any atom is 0.301 e. The highest BCUT2D eigenvalue weighted by Gasteiger charge is 2.48. The lowest BCUT2D eigenvalue weighted by Gasteiger charge is -2.22. The smallest absolute Gasteiger partial charge is 0.301 e. The van der Waals surface area contributed by atoms with E-state index < -0.39 is 23.5 Å². The summed E-state index contributed by atoms with van der Waals surface area (Å²) in [7, 11) is 1.56. The lowest BCUT2D eigenvalue weighted by atomic mass is 9.95. The topological polar surface area (TPSA) is 79.7 Å². The van der Waals surface area contributed by atoms with Gasteiger partial charge in [-0.15, -0.1) is 0 Å². The molecule has 1 aromatic heterocycles. The van der Waals surface area contributed by atoms with Crippen LogP contribution >= 0.6 is 11.3 Å². The van der Waals surface area contributed by atoms with Gasteiger partial charge in [-0.2, -0.15) is 0 Å². The SMILES string of the molecule is COc1ccc2nc(N3C(=O)C(=O)C(=C(O)c4ccccc4)[C@@H]3c3ccc(F)cc3)sc2c1. The van der Waals surface area contributed by atoms with Crippen LogP contribution in [0.15, 0.2) is 78.4 Å². The number of anilines is 1. The van der Waals surface area contributed by atoms with E-state index in [-0.39, 0.29) is 11.3 Å². The number of Topliss-reactive ketones (excluding diaryl/α,β-unsaturated/α-hetero) is 1. The molecule has 0 bridgehead atoms. The van der Waals surface area contributed by atoms with Crippen LogP contribution in [0.3, 0.4) is 0 Å². The number of ketones is 1. The van der Waals surface area contributed by atoms with Crippen LogP contribution in [0.5, 0.6) is 5.75 Å². The van der Waals surface area contributed by atoms with Gasteiger partial charge in [0.25, 0.3) is 5.78 Å². The zero-order chi connectivity index (χ0) is 23.1. The highest BCUT2D eigenvalue weighted by molar-refractivity contribution is 7.22. The first-order valence-electron chi connectivity index (χ1n) is 10.0. The molecular formula is C25H17FN2O4S. The Morgan fingerprint density at radius 3 is 2.48 bits per heavy atom. The number of carbonyl (C=O) groups is 2. The number of amides is 1. The number of rotatable bonds is 4. The molecule has 1 fully saturated rings. The van der Waals surface area contributed by atoms with Crippen molar-refractivity contribution in [1.29, 1.82) is 0 Å². The molecule has 0 radical (unpaired) electrons. The standard InChI is InChI=1S/C25H17FN2O4S/c1-32-17-11-12-18-19(13-17)33-25(27-18)28-21(14-7-9-16(26)10-8-14)20(23(30)24(28)31)22(29)15-5-3-2-4-6-15/h2-13,21,29H,1H3/t21-/m0/s1. The molecule has 6 nitrogen and oxygen atoms in total. The first-order chi connectivity index (χ1) is 16.0. The van der Waals surface area contributed by atoms with Crippen molar-refractivity contribution in [2.75, 3.05) is 12.0 Å². The molecule has 0 spiro atoms. The number of halogens is 1. The van der Waals surface area contributed by atoms with E-state index in [4.69, 9.17) is 4.74 Å². The van der Waals surface area contributed by atoms with Crippen molar-refractivity contribution in [2.24, 2.45) is 0 Å². The van der Waals surface area contributed by atoms with Gasteiger partial charge in [-0.3, -0.25) is 14.5 Å². The number of thiazole rings is 1. The third-order valence-electron chi connectivity index (χ3n) is 5.47. The number of aromatic nitrogens is 1. The zero-order valence-electron chi connectivity index (χ0n) is 17.4. The number of nitrogens with zero attached hydrogens (tertiary/aromatic N) is 2. The van der Waals surface area contributed by atoms with Crippen molar-refractivity contribution in [1.82, 2.24) is 4.98 Å². The van der Waals surface area contributed by atoms with Crippen molar-refractivity contribution in [2.45, 2.75) is 6.04 Å². The minimum atomic E-state index is -0.965. The Kier molecular flexibility index (Phi) is 5.14. The Balaban J connectivity index is 1.72. The van der Waals surface area contributed by atoms with Crippen LogP contribution < -0.4 is 9.64 Å². The van der Waals surface area contributed by atoms with Crippen LogP contribution in [0, 0.1) is 5.82 Å². The first kappa shape index (κ1) is 20.8. The molecule has 0 unspecified atom stereocenters. The average molecular weight is 460 g/mol. The van der Waals surface area contributed by atoms with Gasteiger partial charge in [-0.1, -0.05) is 53.8 Å². The summed E-state index contributed by atoms with van der Waals surface area (Å²) in [5.41, 5.74) is 1.44. The van der Waals surface area contributed by atoms with Crippen molar-refractivity contribution in [3.63, 3.8) is 0 Å². The summed E-state index contributed by atoms with van der Waals surface area (Å²) in [5, 5.41) is 11.3. The Bertz CT molecular complexity index is 1410. The second kappa shape index (κ2) is 8.14.